The number of halogens is 1. The topological polar surface area (TPSA) is 71.4 Å². The van der Waals surface area contributed by atoms with Gasteiger partial charge < -0.3 is 25.1 Å². The lowest BCUT2D eigenvalue weighted by atomic mass is 10.1. The van der Waals surface area contributed by atoms with E-state index in [2.05, 4.69) is 32.2 Å². The number of hydrogen-bond acceptors (Lipinski definition) is 4. The molecule has 2 aliphatic heterocycles. The molecule has 0 atom stereocenters. The molecule has 0 saturated carbocycles. The van der Waals surface area contributed by atoms with Crippen molar-refractivity contribution in [2.75, 3.05) is 44.7 Å². The highest BCUT2D eigenvalue weighted by molar-refractivity contribution is 14.0. The van der Waals surface area contributed by atoms with Gasteiger partial charge in [-0.2, -0.15) is 0 Å². The second-order valence-corrected chi connectivity index (χ2v) is 8.06. The molecule has 1 amide bonds. The maximum absolute atomic E-state index is 12.6. The third-order valence-electron chi connectivity index (χ3n) is 6.06. The number of nitrogens with one attached hydrogen (secondary N) is 1. The number of piperazine rings is 1. The summed E-state index contributed by atoms with van der Waals surface area (Å²) in [5.74, 6) is 1.41. The van der Waals surface area contributed by atoms with Gasteiger partial charge in [-0.1, -0.05) is 36.4 Å². The number of aliphatic imine (C=N–C) groups is 1. The van der Waals surface area contributed by atoms with Gasteiger partial charge in [0.25, 0.3) is 0 Å². The Hall–Kier alpha value is -2.49. The molecule has 0 aliphatic carbocycles. The molecule has 1 fully saturated rings. The number of phenols is 1. The molecule has 8 heteroatoms. The first kappa shape index (κ1) is 24.2. The number of aromatic hydroxyl groups is 1. The van der Waals surface area contributed by atoms with Gasteiger partial charge in [0.05, 0.1) is 5.69 Å². The molecule has 0 aromatic heterocycles. The Balaban J connectivity index is 0.00000289. The summed E-state index contributed by atoms with van der Waals surface area (Å²) in [6.07, 6.45) is 1.32. The molecule has 0 bridgehead atoms. The zero-order chi connectivity index (χ0) is 21.6. The van der Waals surface area contributed by atoms with E-state index >= 15 is 0 Å². The molecule has 2 aromatic rings. The largest absolute Gasteiger partial charge is 0.506 e. The Morgan fingerprint density at radius 3 is 2.22 bits per heavy atom. The Bertz CT molecular complexity index is 918. The van der Waals surface area contributed by atoms with E-state index in [1.54, 1.807) is 13.1 Å². The number of hydrogen-bond donors (Lipinski definition) is 2. The van der Waals surface area contributed by atoms with E-state index in [1.165, 1.54) is 11.1 Å². The van der Waals surface area contributed by atoms with E-state index in [0.717, 1.165) is 63.9 Å². The highest BCUT2D eigenvalue weighted by Crippen LogP contribution is 2.27. The van der Waals surface area contributed by atoms with Crippen LogP contribution >= 0.6 is 24.0 Å². The monoisotopic (exact) mass is 549 g/mol. The van der Waals surface area contributed by atoms with Crippen molar-refractivity contribution in [2.24, 2.45) is 4.99 Å². The number of anilines is 1. The van der Waals surface area contributed by atoms with Gasteiger partial charge in [0.15, 0.2) is 5.96 Å². The first-order valence-corrected chi connectivity index (χ1v) is 11.0. The summed E-state index contributed by atoms with van der Waals surface area (Å²) in [7, 11) is 1.80. The number of amides is 1. The van der Waals surface area contributed by atoms with E-state index in [-0.39, 0.29) is 29.9 Å². The average Bonchev–Trinajstić information content (AvgIpc) is 3.24. The summed E-state index contributed by atoms with van der Waals surface area (Å²) < 4.78 is 0. The molecule has 2 heterocycles. The van der Waals surface area contributed by atoms with Crippen molar-refractivity contribution in [1.82, 2.24) is 15.1 Å². The lowest BCUT2D eigenvalue weighted by molar-refractivity contribution is -0.131. The summed E-state index contributed by atoms with van der Waals surface area (Å²) in [4.78, 5) is 23.4. The van der Waals surface area contributed by atoms with Crippen molar-refractivity contribution in [1.29, 1.82) is 0 Å². The number of phenolic OH excluding ortho intramolecular Hbond substituents is 1. The van der Waals surface area contributed by atoms with Gasteiger partial charge in [-0.15, -0.1) is 24.0 Å². The molecule has 0 radical (unpaired) electrons. The summed E-state index contributed by atoms with van der Waals surface area (Å²) in [6.45, 7) is 5.49. The maximum atomic E-state index is 12.6. The SMILES string of the molecule is CN=C(NCCCC(=O)N1Cc2ccccc2C1)N1CCN(c2ccccc2O)CC1.I. The summed E-state index contributed by atoms with van der Waals surface area (Å²) in [6, 6.07) is 15.7. The summed E-state index contributed by atoms with van der Waals surface area (Å²) in [5, 5.41) is 13.5. The molecule has 2 N–H and O–H groups in total. The highest BCUT2D eigenvalue weighted by atomic mass is 127. The normalized spacial score (nSPS) is 15.9. The molecule has 172 valence electrons. The molecular formula is C24H32IN5O2. The van der Waals surface area contributed by atoms with Gasteiger partial charge in [-0.25, -0.2) is 0 Å². The quantitative estimate of drug-likeness (QED) is 0.260. The number of para-hydroxylation sites is 2. The maximum Gasteiger partial charge on any atom is 0.223 e. The second kappa shape index (κ2) is 11.4. The standard InChI is InChI=1S/C24H31N5O2.HI/c1-25-24(28-15-13-27(14-16-28)21-9-4-5-10-22(21)30)26-12-6-11-23(31)29-17-19-7-2-3-8-20(19)18-29;/h2-5,7-10,30H,6,11-18H2,1H3,(H,25,26);1H. The molecule has 7 nitrogen and oxygen atoms in total. The van der Waals surface area contributed by atoms with Crippen molar-refractivity contribution < 1.29 is 9.90 Å². The van der Waals surface area contributed by atoms with E-state index < -0.39 is 0 Å². The fraction of sp³-hybridized carbons (Fsp3) is 0.417. The van der Waals surface area contributed by atoms with E-state index in [1.807, 2.05) is 35.2 Å². The Morgan fingerprint density at radius 2 is 1.59 bits per heavy atom. The highest BCUT2D eigenvalue weighted by Gasteiger charge is 2.23. The van der Waals surface area contributed by atoms with Gasteiger partial charge >= 0.3 is 0 Å². The summed E-state index contributed by atoms with van der Waals surface area (Å²) in [5.41, 5.74) is 3.40. The van der Waals surface area contributed by atoms with Gasteiger partial charge in [-0.3, -0.25) is 9.79 Å². The van der Waals surface area contributed by atoms with Crippen LogP contribution < -0.4 is 10.2 Å². The predicted molar refractivity (Wildman–Crippen MR) is 139 cm³/mol. The third-order valence-corrected chi connectivity index (χ3v) is 6.06. The summed E-state index contributed by atoms with van der Waals surface area (Å²) >= 11 is 0. The van der Waals surface area contributed by atoms with Crippen molar-refractivity contribution >= 4 is 41.5 Å². The number of carbonyl (C=O) groups excluding carboxylic acids is 1. The van der Waals surface area contributed by atoms with Crippen LogP contribution in [-0.2, 0) is 17.9 Å². The average molecular weight is 549 g/mol. The molecule has 1 saturated heterocycles. The molecule has 32 heavy (non-hydrogen) atoms. The van der Waals surface area contributed by atoms with E-state index in [0.29, 0.717) is 12.2 Å². The number of guanidine groups is 1. The molecule has 0 unspecified atom stereocenters. The Morgan fingerprint density at radius 1 is 0.969 bits per heavy atom. The lowest BCUT2D eigenvalue weighted by Crippen LogP contribution is -2.52. The Kier molecular flexibility index (Phi) is 8.60. The van der Waals surface area contributed by atoms with Crippen LogP contribution in [0.15, 0.2) is 53.5 Å². The molecule has 4 rings (SSSR count). The van der Waals surface area contributed by atoms with Crippen molar-refractivity contribution in [2.45, 2.75) is 25.9 Å². The predicted octanol–water partition coefficient (Wildman–Crippen LogP) is 3.03. The van der Waals surface area contributed by atoms with Crippen molar-refractivity contribution in [3.05, 3.63) is 59.7 Å². The lowest BCUT2D eigenvalue weighted by Gasteiger charge is -2.37. The molecule has 2 aromatic carbocycles. The third kappa shape index (κ3) is 5.65. The van der Waals surface area contributed by atoms with Crippen LogP contribution in [0.3, 0.4) is 0 Å². The molecular weight excluding hydrogens is 517 g/mol. The van der Waals surface area contributed by atoms with Crippen LogP contribution in [0.25, 0.3) is 0 Å². The van der Waals surface area contributed by atoms with Crippen LogP contribution in [0.1, 0.15) is 24.0 Å². The first-order chi connectivity index (χ1) is 15.2. The van der Waals surface area contributed by atoms with Crippen LogP contribution in [0.4, 0.5) is 5.69 Å². The minimum atomic E-state index is 0. The van der Waals surface area contributed by atoms with Crippen molar-refractivity contribution in [3.63, 3.8) is 0 Å². The fourth-order valence-electron chi connectivity index (χ4n) is 4.33. The van der Waals surface area contributed by atoms with Gasteiger partial charge in [-0.05, 0) is 29.7 Å². The van der Waals surface area contributed by atoms with Gasteiger partial charge in [0, 0.05) is 59.3 Å². The van der Waals surface area contributed by atoms with E-state index in [9.17, 15) is 9.90 Å². The number of benzene rings is 2. The van der Waals surface area contributed by atoms with Crippen LogP contribution in [0, 0.1) is 0 Å². The van der Waals surface area contributed by atoms with Crippen LogP contribution in [0.5, 0.6) is 5.75 Å². The zero-order valence-corrected chi connectivity index (χ0v) is 20.9. The number of carbonyl (C=O) groups is 1. The Labute approximate surface area is 207 Å². The van der Waals surface area contributed by atoms with E-state index in [4.69, 9.17) is 0 Å². The minimum Gasteiger partial charge on any atom is -0.506 e. The molecule has 0 spiro atoms. The van der Waals surface area contributed by atoms with Gasteiger partial charge in [0.2, 0.25) is 5.91 Å². The number of rotatable bonds is 5. The minimum absolute atomic E-state index is 0. The van der Waals surface area contributed by atoms with Crippen LogP contribution in [-0.4, -0.2) is 66.5 Å². The fourth-order valence-corrected chi connectivity index (χ4v) is 4.33. The van der Waals surface area contributed by atoms with Gasteiger partial charge in [0.1, 0.15) is 5.75 Å². The number of nitrogens with zero attached hydrogens (tertiary/aromatic N) is 4. The zero-order valence-electron chi connectivity index (χ0n) is 18.5. The molecule has 2 aliphatic rings. The van der Waals surface area contributed by atoms with Crippen LogP contribution in [0.2, 0.25) is 0 Å². The van der Waals surface area contributed by atoms with Crippen molar-refractivity contribution in [3.8, 4) is 5.75 Å². The smallest absolute Gasteiger partial charge is 0.223 e. The number of fused-ring (bicyclic) bond motifs is 1. The second-order valence-electron chi connectivity index (χ2n) is 8.06. The first-order valence-electron chi connectivity index (χ1n) is 11.0.